The zero-order valence-electron chi connectivity index (χ0n) is 7.47. The van der Waals surface area contributed by atoms with Gasteiger partial charge < -0.3 is 24.9 Å². The van der Waals surface area contributed by atoms with Crippen LogP contribution in [0.5, 0.6) is 17.2 Å². The Labute approximate surface area is 80.2 Å². The third kappa shape index (κ3) is 1.77. The summed E-state index contributed by atoms with van der Waals surface area (Å²) in [5.41, 5.74) is 0.0278. The number of phenols is 2. The van der Waals surface area contributed by atoms with Crippen LogP contribution in [-0.2, 0) is 4.79 Å². The van der Waals surface area contributed by atoms with Gasteiger partial charge in [0.05, 0.1) is 7.11 Å². The fraction of sp³-hybridized carbons (Fsp3) is 0.222. The summed E-state index contributed by atoms with van der Waals surface area (Å²) in [6, 6.07) is 2.21. The van der Waals surface area contributed by atoms with E-state index in [4.69, 9.17) is 9.84 Å². The summed E-state index contributed by atoms with van der Waals surface area (Å²) < 4.78 is 4.77. The van der Waals surface area contributed by atoms with E-state index in [2.05, 4.69) is 0 Å². The van der Waals surface area contributed by atoms with Crippen LogP contribution in [0.25, 0.3) is 0 Å². The number of hydrogen-bond acceptors (Lipinski definition) is 5. The number of methoxy groups -OCH3 is 1. The number of aliphatic hydroxyl groups is 1. The molecule has 1 unspecified atom stereocenters. The lowest BCUT2D eigenvalue weighted by molar-refractivity contribution is -0.115. The first-order valence-electron chi connectivity index (χ1n) is 3.83. The second-order valence-corrected chi connectivity index (χ2v) is 2.67. The number of aromatic hydroxyl groups is 2. The lowest BCUT2D eigenvalue weighted by atomic mass is 10.1. The van der Waals surface area contributed by atoms with Crippen LogP contribution in [0.1, 0.15) is 11.7 Å². The minimum absolute atomic E-state index is 0.0256. The first-order chi connectivity index (χ1) is 6.60. The van der Waals surface area contributed by atoms with Crippen molar-refractivity contribution in [1.29, 1.82) is 0 Å². The molecule has 0 saturated carbocycles. The molecule has 0 aliphatic carbocycles. The van der Waals surface area contributed by atoms with Gasteiger partial charge in [-0.1, -0.05) is 0 Å². The summed E-state index contributed by atoms with van der Waals surface area (Å²) in [4.78, 5) is 10.3. The fourth-order valence-electron chi connectivity index (χ4n) is 1.14. The maximum Gasteiger partial charge on any atom is 0.166 e. The van der Waals surface area contributed by atoms with E-state index in [0.29, 0.717) is 0 Å². The van der Waals surface area contributed by atoms with Crippen molar-refractivity contribution in [3.8, 4) is 17.2 Å². The highest BCUT2D eigenvalue weighted by Crippen LogP contribution is 2.36. The van der Waals surface area contributed by atoms with E-state index < -0.39 is 6.10 Å². The van der Waals surface area contributed by atoms with Crippen molar-refractivity contribution in [2.45, 2.75) is 6.10 Å². The molecule has 14 heavy (non-hydrogen) atoms. The third-order valence-corrected chi connectivity index (χ3v) is 1.73. The van der Waals surface area contributed by atoms with Gasteiger partial charge in [-0.2, -0.15) is 0 Å². The predicted molar refractivity (Wildman–Crippen MR) is 47.3 cm³/mol. The molecule has 0 saturated heterocycles. The van der Waals surface area contributed by atoms with Crippen LogP contribution in [0.4, 0.5) is 0 Å². The van der Waals surface area contributed by atoms with Crippen molar-refractivity contribution < 1.29 is 24.9 Å². The average Bonchev–Trinajstić information content (AvgIpc) is 2.15. The van der Waals surface area contributed by atoms with E-state index in [1.165, 1.54) is 7.11 Å². The highest BCUT2D eigenvalue weighted by Gasteiger charge is 2.17. The smallest absolute Gasteiger partial charge is 0.166 e. The zero-order chi connectivity index (χ0) is 10.7. The number of benzene rings is 1. The van der Waals surface area contributed by atoms with Crippen molar-refractivity contribution in [1.82, 2.24) is 0 Å². The molecule has 76 valence electrons. The maximum absolute atomic E-state index is 10.3. The molecule has 5 heteroatoms. The molecule has 0 radical (unpaired) electrons. The molecule has 0 aromatic heterocycles. The van der Waals surface area contributed by atoms with Crippen LogP contribution < -0.4 is 4.74 Å². The molecule has 0 heterocycles. The maximum atomic E-state index is 10.3. The molecule has 0 aliphatic heterocycles. The van der Waals surface area contributed by atoms with Gasteiger partial charge in [0.2, 0.25) is 0 Å². The number of rotatable bonds is 3. The topological polar surface area (TPSA) is 87.0 Å². The number of aliphatic hydroxyl groups excluding tert-OH is 1. The van der Waals surface area contributed by atoms with Crippen LogP contribution in [0.15, 0.2) is 12.1 Å². The van der Waals surface area contributed by atoms with Gasteiger partial charge in [-0.15, -0.1) is 0 Å². The van der Waals surface area contributed by atoms with E-state index in [1.54, 1.807) is 0 Å². The first-order valence-corrected chi connectivity index (χ1v) is 3.83. The van der Waals surface area contributed by atoms with Gasteiger partial charge in [0.25, 0.3) is 0 Å². The monoisotopic (exact) mass is 198 g/mol. The predicted octanol–water partition coefficient (Wildman–Crippen LogP) is 0.339. The standard InChI is InChI=1S/C9H10O5/c1-14-9-6(8(13)4-10)2-5(11)3-7(9)12/h2-4,8,11-13H,1H3. The van der Waals surface area contributed by atoms with Gasteiger partial charge in [0.1, 0.15) is 11.9 Å². The Morgan fingerprint density at radius 1 is 1.43 bits per heavy atom. The van der Waals surface area contributed by atoms with Gasteiger partial charge >= 0.3 is 0 Å². The van der Waals surface area contributed by atoms with Crippen molar-refractivity contribution in [3.63, 3.8) is 0 Å². The number of carbonyl (C=O) groups excluding carboxylic acids is 1. The first kappa shape index (κ1) is 10.3. The van der Waals surface area contributed by atoms with Gasteiger partial charge in [-0.3, -0.25) is 0 Å². The molecule has 0 amide bonds. The minimum atomic E-state index is -1.43. The van der Waals surface area contributed by atoms with Crippen LogP contribution in [-0.4, -0.2) is 28.7 Å². The minimum Gasteiger partial charge on any atom is -0.508 e. The van der Waals surface area contributed by atoms with E-state index >= 15 is 0 Å². The summed E-state index contributed by atoms with van der Waals surface area (Å²) >= 11 is 0. The van der Waals surface area contributed by atoms with Crippen LogP contribution >= 0.6 is 0 Å². The Morgan fingerprint density at radius 2 is 2.07 bits per heavy atom. The highest BCUT2D eigenvalue weighted by molar-refractivity contribution is 5.65. The van der Waals surface area contributed by atoms with Crippen molar-refractivity contribution >= 4 is 6.29 Å². The van der Waals surface area contributed by atoms with E-state index in [1.807, 2.05) is 0 Å². The van der Waals surface area contributed by atoms with Crippen LogP contribution in [0.3, 0.4) is 0 Å². The Balaban J connectivity index is 3.31. The van der Waals surface area contributed by atoms with Gasteiger partial charge in [0, 0.05) is 11.6 Å². The van der Waals surface area contributed by atoms with Crippen LogP contribution in [0.2, 0.25) is 0 Å². The molecule has 1 rings (SSSR count). The second kappa shape index (κ2) is 3.97. The van der Waals surface area contributed by atoms with Crippen molar-refractivity contribution in [2.75, 3.05) is 7.11 Å². The summed E-state index contributed by atoms with van der Waals surface area (Å²) in [6.45, 7) is 0. The number of ether oxygens (including phenoxy) is 1. The average molecular weight is 198 g/mol. The summed E-state index contributed by atoms with van der Waals surface area (Å²) in [7, 11) is 1.28. The summed E-state index contributed by atoms with van der Waals surface area (Å²) in [5, 5.41) is 27.6. The van der Waals surface area contributed by atoms with Crippen LogP contribution in [0, 0.1) is 0 Å². The van der Waals surface area contributed by atoms with Gasteiger partial charge in [-0.25, -0.2) is 0 Å². The molecule has 0 spiro atoms. The molecule has 1 aromatic carbocycles. The van der Waals surface area contributed by atoms with E-state index in [9.17, 15) is 15.0 Å². The SMILES string of the molecule is COc1c(O)cc(O)cc1C(O)C=O. The third-order valence-electron chi connectivity index (χ3n) is 1.73. The van der Waals surface area contributed by atoms with Crippen molar-refractivity contribution in [2.24, 2.45) is 0 Å². The molecule has 0 bridgehead atoms. The summed E-state index contributed by atoms with van der Waals surface area (Å²) in [5.74, 6) is -0.606. The molecule has 5 nitrogen and oxygen atoms in total. The normalized spacial score (nSPS) is 12.1. The molecule has 0 fully saturated rings. The molecular formula is C9H10O5. The lowest BCUT2D eigenvalue weighted by Crippen LogP contribution is -2.01. The molecule has 3 N–H and O–H groups in total. The number of hydrogen-bond donors (Lipinski definition) is 3. The van der Waals surface area contributed by atoms with Gasteiger partial charge in [-0.05, 0) is 6.07 Å². The Morgan fingerprint density at radius 3 is 2.57 bits per heavy atom. The molecule has 1 atom stereocenters. The largest absolute Gasteiger partial charge is 0.508 e. The Bertz CT molecular complexity index is 347. The lowest BCUT2D eigenvalue weighted by Gasteiger charge is -2.11. The second-order valence-electron chi connectivity index (χ2n) is 2.67. The number of aldehydes is 1. The quantitative estimate of drug-likeness (QED) is 0.609. The Kier molecular flexibility index (Phi) is 2.93. The summed E-state index contributed by atoms with van der Waals surface area (Å²) in [6.07, 6.45) is -1.15. The molecule has 0 aliphatic rings. The fourth-order valence-corrected chi connectivity index (χ4v) is 1.14. The molecular weight excluding hydrogens is 188 g/mol. The number of carbonyl (C=O) groups is 1. The van der Waals surface area contributed by atoms with E-state index in [-0.39, 0.29) is 29.1 Å². The highest BCUT2D eigenvalue weighted by atomic mass is 16.5. The number of phenolic OH excluding ortho intramolecular Hbond substituents is 2. The Hall–Kier alpha value is -1.75. The molecule has 1 aromatic rings. The van der Waals surface area contributed by atoms with Crippen molar-refractivity contribution in [3.05, 3.63) is 17.7 Å². The van der Waals surface area contributed by atoms with Gasteiger partial charge in [0.15, 0.2) is 17.8 Å². The zero-order valence-corrected chi connectivity index (χ0v) is 7.47. The van der Waals surface area contributed by atoms with E-state index in [0.717, 1.165) is 12.1 Å².